The Morgan fingerprint density at radius 1 is 1.05 bits per heavy atom. The van der Waals surface area contributed by atoms with Crippen LogP contribution in [0.4, 0.5) is 4.39 Å². The van der Waals surface area contributed by atoms with Crippen molar-refractivity contribution in [3.05, 3.63) is 69.5 Å². The SMILES string of the molecule is O=c1c2ccccc2[nH]c(=S)n1-c1ccc(F)cc1. The second-order valence-electron chi connectivity index (χ2n) is 4.09. The maximum Gasteiger partial charge on any atom is 0.266 e. The van der Waals surface area contributed by atoms with Crippen LogP contribution in [0.15, 0.2) is 53.3 Å². The van der Waals surface area contributed by atoms with E-state index in [-0.39, 0.29) is 16.1 Å². The second kappa shape index (κ2) is 4.44. The Morgan fingerprint density at radius 3 is 2.47 bits per heavy atom. The molecule has 0 spiro atoms. The number of nitrogens with one attached hydrogen (secondary N) is 1. The van der Waals surface area contributed by atoms with Crippen LogP contribution in [0.25, 0.3) is 16.6 Å². The van der Waals surface area contributed by atoms with E-state index >= 15 is 0 Å². The largest absolute Gasteiger partial charge is 0.331 e. The van der Waals surface area contributed by atoms with Gasteiger partial charge in [0.1, 0.15) is 5.82 Å². The summed E-state index contributed by atoms with van der Waals surface area (Å²) in [4.78, 5) is 15.4. The van der Waals surface area contributed by atoms with Crippen LogP contribution < -0.4 is 5.56 Å². The summed E-state index contributed by atoms with van der Waals surface area (Å²) < 4.78 is 14.6. The molecule has 0 fully saturated rings. The molecule has 0 saturated heterocycles. The van der Waals surface area contributed by atoms with Crippen molar-refractivity contribution >= 4 is 23.1 Å². The molecule has 0 radical (unpaired) electrons. The molecule has 0 saturated carbocycles. The van der Waals surface area contributed by atoms with Gasteiger partial charge in [0, 0.05) is 0 Å². The van der Waals surface area contributed by atoms with Crippen LogP contribution in [0.3, 0.4) is 0 Å². The summed E-state index contributed by atoms with van der Waals surface area (Å²) in [7, 11) is 0. The van der Waals surface area contributed by atoms with Crippen molar-refractivity contribution in [1.82, 2.24) is 9.55 Å². The van der Waals surface area contributed by atoms with E-state index in [1.165, 1.54) is 28.8 Å². The number of aromatic nitrogens is 2. The van der Waals surface area contributed by atoms with E-state index in [1.54, 1.807) is 18.2 Å². The first kappa shape index (κ1) is 11.8. The highest BCUT2D eigenvalue weighted by atomic mass is 32.1. The van der Waals surface area contributed by atoms with Gasteiger partial charge >= 0.3 is 0 Å². The monoisotopic (exact) mass is 272 g/mol. The molecular formula is C14H9FN2OS. The Morgan fingerprint density at radius 2 is 1.74 bits per heavy atom. The van der Waals surface area contributed by atoms with Gasteiger partial charge in [0.05, 0.1) is 16.6 Å². The molecular weight excluding hydrogens is 263 g/mol. The third-order valence-corrected chi connectivity index (χ3v) is 3.17. The molecule has 0 amide bonds. The van der Waals surface area contributed by atoms with Gasteiger partial charge in [-0.2, -0.15) is 0 Å². The molecule has 3 aromatic rings. The minimum absolute atomic E-state index is 0.217. The summed E-state index contributed by atoms with van der Waals surface area (Å²) in [5.74, 6) is -0.354. The van der Waals surface area contributed by atoms with Gasteiger partial charge in [-0.1, -0.05) is 12.1 Å². The van der Waals surface area contributed by atoms with Gasteiger partial charge in [-0.3, -0.25) is 9.36 Å². The summed E-state index contributed by atoms with van der Waals surface area (Å²) in [6, 6.07) is 12.8. The van der Waals surface area contributed by atoms with Crippen LogP contribution in [0, 0.1) is 10.6 Å². The number of fused-ring (bicyclic) bond motifs is 1. The smallest absolute Gasteiger partial charge is 0.266 e. The first-order valence-corrected chi connectivity index (χ1v) is 6.08. The van der Waals surface area contributed by atoms with Crippen molar-refractivity contribution in [2.75, 3.05) is 0 Å². The minimum atomic E-state index is -0.354. The van der Waals surface area contributed by atoms with Crippen molar-refractivity contribution in [2.24, 2.45) is 0 Å². The fraction of sp³-hybridized carbons (Fsp3) is 0. The van der Waals surface area contributed by atoms with Crippen molar-refractivity contribution in [1.29, 1.82) is 0 Å². The lowest BCUT2D eigenvalue weighted by molar-refractivity contribution is 0.627. The van der Waals surface area contributed by atoms with Crippen LogP contribution in [-0.2, 0) is 0 Å². The van der Waals surface area contributed by atoms with Gasteiger partial charge in [0.25, 0.3) is 5.56 Å². The standard InChI is InChI=1S/C14H9FN2OS/c15-9-5-7-10(8-6-9)17-13(18)11-3-1-2-4-12(11)16-14(17)19/h1-8H,(H,16,19). The molecule has 0 unspecified atom stereocenters. The molecule has 0 aliphatic heterocycles. The summed E-state index contributed by atoms with van der Waals surface area (Å²) in [6.45, 7) is 0. The predicted molar refractivity (Wildman–Crippen MR) is 74.7 cm³/mol. The molecule has 94 valence electrons. The first-order chi connectivity index (χ1) is 9.16. The summed E-state index contributed by atoms with van der Waals surface area (Å²) in [5.41, 5.74) is 1.01. The maximum atomic E-state index is 12.9. The average Bonchev–Trinajstić information content (AvgIpc) is 2.41. The van der Waals surface area contributed by atoms with Crippen molar-refractivity contribution in [3.8, 4) is 5.69 Å². The number of H-pyrrole nitrogens is 1. The van der Waals surface area contributed by atoms with Crippen molar-refractivity contribution in [3.63, 3.8) is 0 Å². The number of hydrogen-bond donors (Lipinski definition) is 1. The van der Waals surface area contributed by atoms with Gasteiger partial charge in [0.15, 0.2) is 4.77 Å². The quantitative estimate of drug-likeness (QED) is 0.691. The van der Waals surface area contributed by atoms with E-state index in [0.717, 1.165) is 0 Å². The van der Waals surface area contributed by atoms with Crippen molar-refractivity contribution in [2.45, 2.75) is 0 Å². The Balaban J connectivity index is 2.39. The lowest BCUT2D eigenvalue weighted by atomic mass is 10.2. The first-order valence-electron chi connectivity index (χ1n) is 5.67. The average molecular weight is 272 g/mol. The molecule has 5 heteroatoms. The zero-order valence-electron chi connectivity index (χ0n) is 9.76. The zero-order chi connectivity index (χ0) is 13.4. The summed E-state index contributed by atoms with van der Waals surface area (Å²) in [5, 5.41) is 0.542. The van der Waals surface area contributed by atoms with E-state index in [0.29, 0.717) is 16.6 Å². The van der Waals surface area contributed by atoms with Gasteiger partial charge in [-0.05, 0) is 48.6 Å². The highest BCUT2D eigenvalue weighted by Crippen LogP contribution is 2.11. The predicted octanol–water partition coefficient (Wildman–Crippen LogP) is 3.19. The van der Waals surface area contributed by atoms with E-state index in [9.17, 15) is 9.18 Å². The topological polar surface area (TPSA) is 37.8 Å². The van der Waals surface area contributed by atoms with Gasteiger partial charge in [0.2, 0.25) is 0 Å². The Hall–Kier alpha value is -2.27. The lowest BCUT2D eigenvalue weighted by Gasteiger charge is -2.07. The molecule has 3 nitrogen and oxygen atoms in total. The van der Waals surface area contributed by atoms with Gasteiger partial charge in [-0.25, -0.2) is 4.39 Å². The fourth-order valence-corrected chi connectivity index (χ4v) is 2.29. The third kappa shape index (κ3) is 1.98. The van der Waals surface area contributed by atoms with Crippen molar-refractivity contribution < 1.29 is 4.39 Å². The molecule has 0 atom stereocenters. The fourth-order valence-electron chi connectivity index (χ4n) is 1.99. The molecule has 1 aromatic heterocycles. The number of rotatable bonds is 1. The molecule has 1 heterocycles. The number of halogens is 1. The summed E-state index contributed by atoms with van der Waals surface area (Å²) in [6.07, 6.45) is 0. The Labute approximate surface area is 113 Å². The maximum absolute atomic E-state index is 12.9. The van der Waals surface area contributed by atoms with Gasteiger partial charge in [-0.15, -0.1) is 0 Å². The molecule has 0 aliphatic carbocycles. The van der Waals surface area contributed by atoms with Crippen LogP contribution in [0.5, 0.6) is 0 Å². The highest BCUT2D eigenvalue weighted by molar-refractivity contribution is 7.71. The zero-order valence-corrected chi connectivity index (χ0v) is 10.6. The molecule has 3 rings (SSSR count). The van der Waals surface area contributed by atoms with Crippen LogP contribution in [0.2, 0.25) is 0 Å². The normalized spacial score (nSPS) is 10.8. The molecule has 0 aliphatic rings. The minimum Gasteiger partial charge on any atom is -0.331 e. The number of nitrogens with zero attached hydrogens (tertiary/aromatic N) is 1. The van der Waals surface area contributed by atoms with E-state index in [1.807, 2.05) is 6.07 Å². The van der Waals surface area contributed by atoms with Crippen LogP contribution in [-0.4, -0.2) is 9.55 Å². The lowest BCUT2D eigenvalue weighted by Crippen LogP contribution is -2.20. The number of aromatic amines is 1. The molecule has 19 heavy (non-hydrogen) atoms. The third-order valence-electron chi connectivity index (χ3n) is 2.89. The van der Waals surface area contributed by atoms with E-state index in [4.69, 9.17) is 12.2 Å². The van der Waals surface area contributed by atoms with E-state index in [2.05, 4.69) is 4.98 Å². The van der Waals surface area contributed by atoms with Gasteiger partial charge < -0.3 is 4.98 Å². The molecule has 1 N–H and O–H groups in total. The molecule has 0 bridgehead atoms. The van der Waals surface area contributed by atoms with E-state index < -0.39 is 0 Å². The van der Waals surface area contributed by atoms with Crippen LogP contribution in [0.1, 0.15) is 0 Å². The number of benzene rings is 2. The molecule has 2 aromatic carbocycles. The van der Waals surface area contributed by atoms with Crippen LogP contribution >= 0.6 is 12.2 Å². The Kier molecular flexibility index (Phi) is 2.76. The number of para-hydroxylation sites is 1. The second-order valence-corrected chi connectivity index (χ2v) is 4.48. The number of hydrogen-bond acceptors (Lipinski definition) is 2. The highest BCUT2D eigenvalue weighted by Gasteiger charge is 2.06. The Bertz CT molecular complexity index is 865. The summed E-state index contributed by atoms with van der Waals surface area (Å²) >= 11 is 5.20.